The molecule has 0 N–H and O–H groups in total. The second kappa shape index (κ2) is 6.43. The van der Waals surface area contributed by atoms with E-state index in [4.69, 9.17) is 0 Å². The first-order chi connectivity index (χ1) is 10.1. The second-order valence-electron chi connectivity index (χ2n) is 6.07. The zero-order valence-corrected chi connectivity index (χ0v) is 12.6. The molecular formula is C13H17F4O4S-. The molecule has 0 saturated heterocycles. The van der Waals surface area contributed by atoms with Crippen LogP contribution >= 0.6 is 0 Å². The third-order valence-corrected chi connectivity index (χ3v) is 5.34. The Hall–Kier alpha value is -0.700. The minimum atomic E-state index is -5.18. The van der Waals surface area contributed by atoms with Crippen LogP contribution in [0.4, 0.5) is 17.6 Å². The Morgan fingerprint density at radius 1 is 1.23 bits per heavy atom. The Labute approximate surface area is 127 Å². The van der Waals surface area contributed by atoms with E-state index < -0.39 is 41.3 Å². The average molecular weight is 345 g/mol. The molecule has 0 aromatic carbocycles. The number of esters is 1. The summed E-state index contributed by atoms with van der Waals surface area (Å²) in [5.74, 6) is -4.20. The minimum absolute atomic E-state index is 0.108. The van der Waals surface area contributed by atoms with Gasteiger partial charge in [-0.1, -0.05) is 6.42 Å². The highest BCUT2D eigenvalue weighted by atomic mass is 32.2. The molecule has 128 valence electrons. The molecule has 0 aromatic rings. The molecule has 0 amide bonds. The summed E-state index contributed by atoms with van der Waals surface area (Å²) in [5.41, 5.74) is 0. The van der Waals surface area contributed by atoms with Gasteiger partial charge in [0.1, 0.15) is 0 Å². The molecular weight excluding hydrogens is 328 g/mol. The predicted molar refractivity (Wildman–Crippen MR) is 67.9 cm³/mol. The molecule has 0 heterocycles. The quantitative estimate of drug-likeness (QED) is 0.404. The van der Waals surface area contributed by atoms with Crippen LogP contribution in [0.1, 0.15) is 38.5 Å². The number of hydrogen-bond acceptors (Lipinski definition) is 4. The van der Waals surface area contributed by atoms with E-state index in [9.17, 15) is 31.1 Å². The smallest absolute Gasteiger partial charge is 0.371 e. The monoisotopic (exact) mass is 345 g/mol. The first-order valence-electron chi connectivity index (χ1n) is 7.14. The van der Waals surface area contributed by atoms with Crippen LogP contribution in [0, 0.1) is 17.8 Å². The molecule has 2 rings (SSSR count). The fourth-order valence-corrected chi connectivity index (χ4v) is 3.81. The van der Waals surface area contributed by atoms with Gasteiger partial charge in [-0.3, -0.25) is 9.00 Å². The normalized spacial score (nSPS) is 29.6. The van der Waals surface area contributed by atoms with Crippen molar-refractivity contribution in [3.05, 3.63) is 0 Å². The summed E-state index contributed by atoms with van der Waals surface area (Å²) in [6.07, 6.45) is 2.79. The minimum Gasteiger partial charge on any atom is -0.768 e. The van der Waals surface area contributed by atoms with Crippen molar-refractivity contribution in [2.24, 2.45) is 17.8 Å². The van der Waals surface area contributed by atoms with E-state index in [0.29, 0.717) is 11.8 Å². The summed E-state index contributed by atoms with van der Waals surface area (Å²) in [6.45, 7) is -0.931. The zero-order valence-electron chi connectivity index (χ0n) is 11.7. The third-order valence-electron chi connectivity index (χ3n) is 4.63. The molecule has 2 bridgehead atoms. The van der Waals surface area contributed by atoms with Crippen molar-refractivity contribution in [2.45, 2.75) is 49.7 Å². The van der Waals surface area contributed by atoms with Crippen LogP contribution < -0.4 is 0 Å². The molecule has 2 aliphatic carbocycles. The number of ether oxygens (including phenoxy) is 1. The second-order valence-corrected chi connectivity index (χ2v) is 7.05. The first-order valence-corrected chi connectivity index (χ1v) is 8.21. The van der Waals surface area contributed by atoms with E-state index in [2.05, 4.69) is 4.74 Å². The van der Waals surface area contributed by atoms with Gasteiger partial charge < -0.3 is 9.29 Å². The van der Waals surface area contributed by atoms with Gasteiger partial charge in [0.15, 0.2) is 0 Å². The van der Waals surface area contributed by atoms with Crippen LogP contribution in [0.5, 0.6) is 0 Å². The lowest BCUT2D eigenvalue weighted by atomic mass is 9.86. The maximum atomic E-state index is 13.1. The van der Waals surface area contributed by atoms with Crippen LogP contribution in [0.2, 0.25) is 0 Å². The molecule has 22 heavy (non-hydrogen) atoms. The van der Waals surface area contributed by atoms with Crippen LogP contribution in [0.25, 0.3) is 0 Å². The molecule has 2 aliphatic rings. The first kappa shape index (κ1) is 17.7. The molecule has 2 fully saturated rings. The lowest BCUT2D eigenvalue weighted by Gasteiger charge is -2.27. The molecule has 0 aromatic heterocycles. The van der Waals surface area contributed by atoms with Gasteiger partial charge in [0.05, 0.1) is 13.0 Å². The van der Waals surface area contributed by atoms with Crippen molar-refractivity contribution in [3.8, 4) is 0 Å². The molecule has 4 unspecified atom stereocenters. The maximum absolute atomic E-state index is 13.1. The largest absolute Gasteiger partial charge is 0.768 e. The predicted octanol–water partition coefficient (Wildman–Crippen LogP) is 2.85. The zero-order chi connectivity index (χ0) is 16.5. The van der Waals surface area contributed by atoms with Crippen molar-refractivity contribution in [3.63, 3.8) is 0 Å². The van der Waals surface area contributed by atoms with E-state index in [0.717, 1.165) is 25.7 Å². The molecule has 4 nitrogen and oxygen atoms in total. The number of alkyl halides is 4. The summed E-state index contributed by atoms with van der Waals surface area (Å²) in [7, 11) is 0. The van der Waals surface area contributed by atoms with Crippen molar-refractivity contribution in [1.82, 2.24) is 0 Å². The topological polar surface area (TPSA) is 66.4 Å². The van der Waals surface area contributed by atoms with Crippen molar-refractivity contribution < 1.29 is 35.9 Å². The van der Waals surface area contributed by atoms with E-state index >= 15 is 0 Å². The Bertz CT molecular complexity index is 457. The lowest BCUT2D eigenvalue weighted by molar-refractivity contribution is -0.173. The highest BCUT2D eigenvalue weighted by molar-refractivity contribution is 7.80. The van der Waals surface area contributed by atoms with Crippen molar-refractivity contribution in [1.29, 1.82) is 0 Å². The van der Waals surface area contributed by atoms with Crippen molar-refractivity contribution in [2.75, 3.05) is 6.61 Å². The Morgan fingerprint density at radius 2 is 1.91 bits per heavy atom. The van der Waals surface area contributed by atoms with Gasteiger partial charge in [-0.05, 0) is 37.0 Å². The number of carbonyl (C=O) groups is 1. The third kappa shape index (κ3) is 3.61. The van der Waals surface area contributed by atoms with Crippen LogP contribution in [-0.4, -0.2) is 32.5 Å². The number of halogens is 4. The molecule has 0 aliphatic heterocycles. The highest BCUT2D eigenvalue weighted by Gasteiger charge is 2.57. The van der Waals surface area contributed by atoms with Crippen LogP contribution in [0.3, 0.4) is 0 Å². The van der Waals surface area contributed by atoms with Gasteiger partial charge in [-0.2, -0.15) is 17.6 Å². The van der Waals surface area contributed by atoms with Gasteiger partial charge >= 0.3 is 17.1 Å². The van der Waals surface area contributed by atoms with E-state index in [-0.39, 0.29) is 12.3 Å². The maximum Gasteiger partial charge on any atom is 0.371 e. The van der Waals surface area contributed by atoms with E-state index in [1.54, 1.807) is 0 Å². The van der Waals surface area contributed by atoms with Gasteiger partial charge in [-0.25, -0.2) is 0 Å². The Balaban J connectivity index is 1.74. The number of rotatable bonds is 7. The summed E-state index contributed by atoms with van der Waals surface area (Å²) in [5, 5.41) is -5.18. The van der Waals surface area contributed by atoms with Gasteiger partial charge in [-0.15, -0.1) is 0 Å². The summed E-state index contributed by atoms with van der Waals surface area (Å²) in [4.78, 5) is 11.6. The molecule has 0 spiro atoms. The standard InChI is InChI=1S/C13H18F4O4S/c14-12(15,13(16,17)22(19)20)3-4-21-11(18)7-10-6-8-1-2-9(10)5-8/h8-10H,1-7H2,(H,19,20)/p-1. The molecule has 0 radical (unpaired) electrons. The van der Waals surface area contributed by atoms with Gasteiger partial charge in [0, 0.05) is 17.5 Å². The highest BCUT2D eigenvalue weighted by Crippen LogP contribution is 2.49. The van der Waals surface area contributed by atoms with Gasteiger partial charge in [0.25, 0.3) is 0 Å². The number of carbonyl (C=O) groups excluding carboxylic acids is 1. The van der Waals surface area contributed by atoms with Crippen molar-refractivity contribution >= 4 is 17.0 Å². The lowest BCUT2D eigenvalue weighted by Crippen LogP contribution is -2.44. The van der Waals surface area contributed by atoms with Crippen LogP contribution in [-0.2, 0) is 20.6 Å². The summed E-state index contributed by atoms with van der Waals surface area (Å²) in [6, 6.07) is 0. The molecule has 4 atom stereocenters. The fourth-order valence-electron chi connectivity index (χ4n) is 3.46. The summed E-state index contributed by atoms with van der Waals surface area (Å²) >= 11 is -4.24. The average Bonchev–Trinajstić information content (AvgIpc) is 3.00. The van der Waals surface area contributed by atoms with Crippen LogP contribution in [0.15, 0.2) is 0 Å². The summed E-state index contributed by atoms with van der Waals surface area (Å²) < 4.78 is 76.6. The number of hydrogen-bond donors (Lipinski definition) is 0. The molecule has 9 heteroatoms. The fraction of sp³-hybridized carbons (Fsp3) is 0.923. The van der Waals surface area contributed by atoms with E-state index in [1.807, 2.05) is 0 Å². The number of fused-ring (bicyclic) bond motifs is 2. The Morgan fingerprint density at radius 3 is 2.41 bits per heavy atom. The Kier molecular flexibility index (Phi) is 5.16. The van der Waals surface area contributed by atoms with Gasteiger partial charge in [0.2, 0.25) is 0 Å². The van der Waals surface area contributed by atoms with E-state index in [1.165, 1.54) is 0 Å². The SMILES string of the molecule is O=C(CC1CC2CCC1C2)OCCC(F)(F)C(F)(F)S(=O)[O-]. The molecule has 2 saturated carbocycles.